The summed E-state index contributed by atoms with van der Waals surface area (Å²) < 4.78 is 4.78. The van der Waals surface area contributed by atoms with E-state index in [-0.39, 0.29) is 17.9 Å². The molecule has 0 aromatic heterocycles. The van der Waals surface area contributed by atoms with Crippen molar-refractivity contribution in [2.45, 2.75) is 6.92 Å². The lowest BCUT2D eigenvalue weighted by Gasteiger charge is -2.04. The van der Waals surface area contributed by atoms with E-state index >= 15 is 0 Å². The van der Waals surface area contributed by atoms with Crippen molar-refractivity contribution in [1.82, 2.24) is 0 Å². The van der Waals surface area contributed by atoms with Crippen LogP contribution in [0.15, 0.2) is 24.8 Å². The smallest absolute Gasteiger partial charge is 0.341 e. The quantitative estimate of drug-likeness (QED) is 0.747. The Morgan fingerprint density at radius 1 is 1.64 bits per heavy atom. The van der Waals surface area contributed by atoms with E-state index in [1.54, 1.807) is 25.1 Å². The highest BCUT2D eigenvalue weighted by molar-refractivity contribution is 5.93. The van der Waals surface area contributed by atoms with E-state index in [1.165, 1.54) is 6.07 Å². The van der Waals surface area contributed by atoms with E-state index in [0.717, 1.165) is 5.56 Å². The molecule has 0 amide bonds. The van der Waals surface area contributed by atoms with Crippen molar-refractivity contribution < 1.29 is 14.6 Å². The molecule has 0 saturated heterocycles. The minimum absolute atomic E-state index is 0.0750. The molecular formula is C11H12O3. The maximum absolute atomic E-state index is 11.3. The van der Waals surface area contributed by atoms with Crippen molar-refractivity contribution in [2.75, 3.05) is 6.61 Å². The number of esters is 1. The molecule has 0 spiro atoms. The molecule has 74 valence electrons. The summed E-state index contributed by atoms with van der Waals surface area (Å²) in [5.74, 6) is -0.595. The van der Waals surface area contributed by atoms with E-state index in [1.807, 2.05) is 0 Å². The molecule has 1 aromatic rings. The van der Waals surface area contributed by atoms with E-state index < -0.39 is 5.97 Å². The topological polar surface area (TPSA) is 46.5 Å². The molecule has 14 heavy (non-hydrogen) atoms. The van der Waals surface area contributed by atoms with Crippen LogP contribution in [0.4, 0.5) is 0 Å². The number of aromatic hydroxyl groups is 1. The van der Waals surface area contributed by atoms with Gasteiger partial charge in [0.15, 0.2) is 0 Å². The van der Waals surface area contributed by atoms with Gasteiger partial charge in [0, 0.05) is 0 Å². The van der Waals surface area contributed by atoms with Gasteiger partial charge in [0.25, 0.3) is 0 Å². The van der Waals surface area contributed by atoms with Crippen LogP contribution in [0.1, 0.15) is 22.8 Å². The number of phenolic OH excluding ortho intramolecular Hbond substituents is 1. The maximum atomic E-state index is 11.3. The lowest BCUT2D eigenvalue weighted by Crippen LogP contribution is -2.04. The van der Waals surface area contributed by atoms with Crippen LogP contribution >= 0.6 is 0 Å². The Morgan fingerprint density at radius 2 is 2.36 bits per heavy atom. The fraction of sp³-hybridized carbons (Fsp3) is 0.182. The number of carbonyl (C=O) groups excluding carboxylic acids is 1. The maximum Gasteiger partial charge on any atom is 0.341 e. The van der Waals surface area contributed by atoms with Gasteiger partial charge in [0.05, 0.1) is 6.61 Å². The van der Waals surface area contributed by atoms with Crippen molar-refractivity contribution >= 4 is 12.0 Å². The van der Waals surface area contributed by atoms with Crippen molar-refractivity contribution in [3.05, 3.63) is 35.9 Å². The molecule has 3 nitrogen and oxygen atoms in total. The van der Waals surface area contributed by atoms with Crippen LogP contribution in [0, 0.1) is 0 Å². The van der Waals surface area contributed by atoms with Crippen LogP contribution in [0.3, 0.4) is 0 Å². The molecule has 0 fully saturated rings. The second-order valence-corrected chi connectivity index (χ2v) is 2.70. The molecule has 0 unspecified atom stereocenters. The highest BCUT2D eigenvalue weighted by atomic mass is 16.5. The van der Waals surface area contributed by atoms with Gasteiger partial charge in [-0.3, -0.25) is 0 Å². The molecule has 1 N–H and O–H groups in total. The fourth-order valence-corrected chi connectivity index (χ4v) is 1.05. The lowest BCUT2D eigenvalue weighted by atomic mass is 10.1. The van der Waals surface area contributed by atoms with Gasteiger partial charge < -0.3 is 9.84 Å². The zero-order valence-electron chi connectivity index (χ0n) is 7.99. The summed E-state index contributed by atoms with van der Waals surface area (Å²) in [7, 11) is 0. The summed E-state index contributed by atoms with van der Waals surface area (Å²) in [6.45, 7) is 5.58. The first-order chi connectivity index (χ1) is 6.69. The van der Waals surface area contributed by atoms with E-state index in [0.29, 0.717) is 0 Å². The van der Waals surface area contributed by atoms with Crippen LogP contribution < -0.4 is 0 Å². The molecule has 0 aliphatic heterocycles. The Kier molecular flexibility index (Phi) is 3.29. The van der Waals surface area contributed by atoms with Crippen molar-refractivity contribution in [3.63, 3.8) is 0 Å². The Morgan fingerprint density at radius 3 is 2.93 bits per heavy atom. The molecule has 0 atom stereocenters. The number of carbonyl (C=O) groups is 1. The largest absolute Gasteiger partial charge is 0.507 e. The van der Waals surface area contributed by atoms with Crippen LogP contribution in [-0.2, 0) is 4.74 Å². The summed E-state index contributed by atoms with van der Waals surface area (Å²) in [6, 6.07) is 4.66. The summed E-state index contributed by atoms with van der Waals surface area (Å²) in [5.41, 5.74) is 0.940. The predicted octanol–water partition coefficient (Wildman–Crippen LogP) is 2.21. The Labute approximate surface area is 82.6 Å². The summed E-state index contributed by atoms with van der Waals surface area (Å²) in [6.07, 6.45) is 1.60. The van der Waals surface area contributed by atoms with Crippen LogP contribution in [0.5, 0.6) is 5.75 Å². The first-order valence-electron chi connectivity index (χ1n) is 4.31. The SMILES string of the molecule is C=Cc1ccc(O)c(C(=O)OCC)c1. The van der Waals surface area contributed by atoms with Crippen molar-refractivity contribution in [2.24, 2.45) is 0 Å². The zero-order chi connectivity index (χ0) is 10.6. The fourth-order valence-electron chi connectivity index (χ4n) is 1.05. The summed E-state index contributed by atoms with van der Waals surface area (Å²) in [4.78, 5) is 11.3. The number of phenols is 1. The molecule has 0 aliphatic carbocycles. The molecule has 1 rings (SSSR count). The number of ether oxygens (including phenoxy) is 1. The van der Waals surface area contributed by atoms with Crippen molar-refractivity contribution in [3.8, 4) is 5.75 Å². The minimum Gasteiger partial charge on any atom is -0.507 e. The molecule has 0 heterocycles. The molecule has 0 bridgehead atoms. The van der Waals surface area contributed by atoms with Crippen LogP contribution in [0.2, 0.25) is 0 Å². The highest BCUT2D eigenvalue weighted by Crippen LogP contribution is 2.19. The van der Waals surface area contributed by atoms with E-state index in [2.05, 4.69) is 6.58 Å². The second-order valence-electron chi connectivity index (χ2n) is 2.70. The molecule has 0 radical (unpaired) electrons. The highest BCUT2D eigenvalue weighted by Gasteiger charge is 2.11. The molecule has 3 heteroatoms. The Balaban J connectivity index is 3.05. The number of benzene rings is 1. The number of rotatable bonds is 3. The number of hydrogen-bond donors (Lipinski definition) is 1. The van der Waals surface area contributed by atoms with Crippen molar-refractivity contribution in [1.29, 1.82) is 0 Å². The monoisotopic (exact) mass is 192 g/mol. The number of hydrogen-bond acceptors (Lipinski definition) is 3. The van der Waals surface area contributed by atoms with E-state index in [4.69, 9.17) is 4.74 Å². The molecular weight excluding hydrogens is 180 g/mol. The first kappa shape index (κ1) is 10.3. The average Bonchev–Trinajstić information content (AvgIpc) is 2.19. The molecule has 0 aliphatic rings. The van der Waals surface area contributed by atoms with Gasteiger partial charge in [-0.2, -0.15) is 0 Å². The third-order valence-corrected chi connectivity index (χ3v) is 1.75. The van der Waals surface area contributed by atoms with Gasteiger partial charge in [0.2, 0.25) is 0 Å². The Hall–Kier alpha value is -1.77. The standard InChI is InChI=1S/C11H12O3/c1-3-8-5-6-10(12)9(7-8)11(13)14-4-2/h3,5-7,12H,1,4H2,2H3. The predicted molar refractivity (Wildman–Crippen MR) is 54.2 cm³/mol. The van der Waals surface area contributed by atoms with Crippen LogP contribution in [0.25, 0.3) is 6.08 Å². The Bertz CT molecular complexity index is 356. The normalized spacial score (nSPS) is 9.50. The van der Waals surface area contributed by atoms with Gasteiger partial charge in [0.1, 0.15) is 11.3 Å². The summed E-state index contributed by atoms with van der Waals surface area (Å²) >= 11 is 0. The van der Waals surface area contributed by atoms with Gasteiger partial charge >= 0.3 is 5.97 Å². The van der Waals surface area contributed by atoms with E-state index in [9.17, 15) is 9.90 Å². The molecule has 1 aromatic carbocycles. The zero-order valence-corrected chi connectivity index (χ0v) is 7.99. The van der Waals surface area contributed by atoms with Gasteiger partial charge in [-0.15, -0.1) is 0 Å². The lowest BCUT2D eigenvalue weighted by molar-refractivity contribution is 0.0523. The average molecular weight is 192 g/mol. The third-order valence-electron chi connectivity index (χ3n) is 1.75. The molecule has 0 saturated carbocycles. The van der Waals surface area contributed by atoms with Gasteiger partial charge in [-0.25, -0.2) is 4.79 Å². The minimum atomic E-state index is -0.520. The first-order valence-corrected chi connectivity index (χ1v) is 4.31. The van der Waals surface area contributed by atoms with Crippen LogP contribution in [-0.4, -0.2) is 17.7 Å². The third kappa shape index (κ3) is 2.13. The van der Waals surface area contributed by atoms with Gasteiger partial charge in [-0.05, 0) is 24.6 Å². The van der Waals surface area contributed by atoms with Gasteiger partial charge in [-0.1, -0.05) is 18.7 Å². The second kappa shape index (κ2) is 4.46. The summed E-state index contributed by atoms with van der Waals surface area (Å²) in [5, 5.41) is 9.39.